The molecule has 1 saturated heterocycles. The molecule has 1 aromatic rings. The Labute approximate surface area is 119 Å². The third kappa shape index (κ3) is 4.51. The first-order chi connectivity index (χ1) is 9.67. The predicted octanol–water partition coefficient (Wildman–Crippen LogP) is 0.768. The van der Waals surface area contributed by atoms with E-state index < -0.39 is 0 Å². The molecule has 110 valence electrons. The van der Waals surface area contributed by atoms with Crippen LogP contribution in [-0.4, -0.2) is 48.8 Å². The van der Waals surface area contributed by atoms with Crippen molar-refractivity contribution in [2.24, 2.45) is 0 Å². The van der Waals surface area contributed by atoms with Gasteiger partial charge in [-0.05, 0) is 37.1 Å². The van der Waals surface area contributed by atoms with Crippen LogP contribution in [0.1, 0.15) is 18.4 Å². The zero-order chi connectivity index (χ0) is 14.4. The summed E-state index contributed by atoms with van der Waals surface area (Å²) in [5, 5.41) is 12.5. The maximum Gasteiger partial charge on any atom is 0.234 e. The molecule has 1 aliphatic heterocycles. The smallest absolute Gasteiger partial charge is 0.234 e. The number of carbonyl (C=O) groups excluding carboxylic acids is 1. The van der Waals surface area contributed by atoms with Crippen LogP contribution in [0.5, 0.6) is 5.75 Å². The van der Waals surface area contributed by atoms with Crippen molar-refractivity contribution in [1.29, 1.82) is 0 Å². The SMILES string of the molecule is COc1cccc(CNC(=O)CN2CCC[C@H](O)C2)c1. The molecule has 2 rings (SSSR count). The van der Waals surface area contributed by atoms with Gasteiger partial charge in [-0.15, -0.1) is 0 Å². The van der Waals surface area contributed by atoms with Crippen molar-refractivity contribution in [3.63, 3.8) is 0 Å². The van der Waals surface area contributed by atoms with Gasteiger partial charge in [0.1, 0.15) is 5.75 Å². The number of methoxy groups -OCH3 is 1. The highest BCUT2D eigenvalue weighted by molar-refractivity contribution is 5.78. The molecular weight excluding hydrogens is 256 g/mol. The molecule has 0 aliphatic carbocycles. The molecule has 0 unspecified atom stereocenters. The first-order valence-electron chi connectivity index (χ1n) is 6.97. The lowest BCUT2D eigenvalue weighted by Crippen LogP contribution is -2.44. The molecule has 20 heavy (non-hydrogen) atoms. The quantitative estimate of drug-likeness (QED) is 0.835. The number of aliphatic hydroxyl groups excluding tert-OH is 1. The maximum absolute atomic E-state index is 11.9. The summed E-state index contributed by atoms with van der Waals surface area (Å²) in [5.74, 6) is 0.776. The van der Waals surface area contributed by atoms with Crippen LogP contribution in [0.15, 0.2) is 24.3 Å². The van der Waals surface area contributed by atoms with Crippen molar-refractivity contribution in [3.05, 3.63) is 29.8 Å². The number of piperidine rings is 1. The average Bonchev–Trinajstić information content (AvgIpc) is 2.45. The lowest BCUT2D eigenvalue weighted by molar-refractivity contribution is -0.123. The summed E-state index contributed by atoms with van der Waals surface area (Å²) in [6, 6.07) is 7.64. The lowest BCUT2D eigenvalue weighted by atomic mass is 10.1. The van der Waals surface area contributed by atoms with E-state index in [1.165, 1.54) is 0 Å². The van der Waals surface area contributed by atoms with Gasteiger partial charge in [0.05, 0.1) is 19.8 Å². The van der Waals surface area contributed by atoms with E-state index in [0.29, 0.717) is 19.6 Å². The van der Waals surface area contributed by atoms with Crippen molar-refractivity contribution < 1.29 is 14.6 Å². The molecule has 1 aliphatic rings. The second-order valence-electron chi connectivity index (χ2n) is 5.16. The number of nitrogens with one attached hydrogen (secondary N) is 1. The molecule has 1 fully saturated rings. The molecule has 0 saturated carbocycles. The highest BCUT2D eigenvalue weighted by atomic mass is 16.5. The molecule has 5 nitrogen and oxygen atoms in total. The molecule has 1 aromatic carbocycles. The number of β-amino-alcohol motifs (C(OH)–C–C–N with tert-alkyl or cyclic N) is 1. The number of hydrogen-bond acceptors (Lipinski definition) is 4. The maximum atomic E-state index is 11.9. The van der Waals surface area contributed by atoms with Crippen LogP contribution in [0.4, 0.5) is 0 Å². The number of amides is 1. The minimum absolute atomic E-state index is 0.0121. The summed E-state index contributed by atoms with van der Waals surface area (Å²) < 4.78 is 5.15. The molecule has 1 atom stereocenters. The summed E-state index contributed by atoms with van der Waals surface area (Å²) in [6.07, 6.45) is 1.49. The summed E-state index contributed by atoms with van der Waals surface area (Å²) >= 11 is 0. The van der Waals surface area contributed by atoms with E-state index in [4.69, 9.17) is 4.74 Å². The van der Waals surface area contributed by atoms with Crippen LogP contribution in [0.25, 0.3) is 0 Å². The van der Waals surface area contributed by atoms with E-state index in [0.717, 1.165) is 30.7 Å². The minimum Gasteiger partial charge on any atom is -0.497 e. The Kier molecular flexibility index (Phi) is 5.38. The van der Waals surface area contributed by atoms with Crippen LogP contribution in [0, 0.1) is 0 Å². The van der Waals surface area contributed by atoms with Gasteiger partial charge < -0.3 is 15.2 Å². The van der Waals surface area contributed by atoms with Gasteiger partial charge in [-0.25, -0.2) is 0 Å². The fourth-order valence-corrected chi connectivity index (χ4v) is 2.42. The van der Waals surface area contributed by atoms with Gasteiger partial charge in [-0.2, -0.15) is 0 Å². The molecule has 1 amide bonds. The largest absolute Gasteiger partial charge is 0.497 e. The third-order valence-electron chi connectivity index (χ3n) is 3.47. The predicted molar refractivity (Wildman–Crippen MR) is 76.5 cm³/mol. The van der Waals surface area contributed by atoms with E-state index >= 15 is 0 Å². The van der Waals surface area contributed by atoms with Crippen LogP contribution >= 0.6 is 0 Å². The molecule has 0 spiro atoms. The van der Waals surface area contributed by atoms with Crippen molar-refractivity contribution in [1.82, 2.24) is 10.2 Å². The minimum atomic E-state index is -0.296. The topological polar surface area (TPSA) is 61.8 Å². The Balaban J connectivity index is 1.76. The second-order valence-corrected chi connectivity index (χ2v) is 5.16. The first kappa shape index (κ1) is 14.8. The summed E-state index contributed by atoms with van der Waals surface area (Å²) in [7, 11) is 1.62. The summed E-state index contributed by atoms with van der Waals surface area (Å²) in [6.45, 7) is 2.31. The van der Waals surface area contributed by atoms with Crippen LogP contribution in [0.2, 0.25) is 0 Å². The average molecular weight is 278 g/mol. The highest BCUT2D eigenvalue weighted by Crippen LogP contribution is 2.12. The van der Waals surface area contributed by atoms with Gasteiger partial charge in [-0.1, -0.05) is 12.1 Å². The molecule has 1 heterocycles. The third-order valence-corrected chi connectivity index (χ3v) is 3.47. The standard InChI is InChI=1S/C15H22N2O3/c1-20-14-6-2-4-12(8-14)9-16-15(19)11-17-7-3-5-13(18)10-17/h2,4,6,8,13,18H,3,5,7,9-11H2,1H3,(H,16,19)/t13-/m0/s1. The van der Waals surface area contributed by atoms with E-state index in [1.54, 1.807) is 7.11 Å². The molecular formula is C15H22N2O3. The van der Waals surface area contributed by atoms with Gasteiger partial charge >= 0.3 is 0 Å². The normalized spacial score (nSPS) is 19.6. The summed E-state index contributed by atoms with van der Waals surface area (Å²) in [5.41, 5.74) is 1.01. The monoisotopic (exact) mass is 278 g/mol. The van der Waals surface area contributed by atoms with Crippen molar-refractivity contribution in [2.45, 2.75) is 25.5 Å². The number of aliphatic hydroxyl groups is 1. The molecule has 0 bridgehead atoms. The Hall–Kier alpha value is -1.59. The number of rotatable bonds is 5. The fourth-order valence-electron chi connectivity index (χ4n) is 2.42. The number of benzene rings is 1. The van der Waals surface area contributed by atoms with E-state index in [1.807, 2.05) is 29.2 Å². The Bertz CT molecular complexity index is 450. The van der Waals surface area contributed by atoms with Gasteiger partial charge in [0.25, 0.3) is 0 Å². The molecule has 5 heteroatoms. The zero-order valence-corrected chi connectivity index (χ0v) is 11.8. The lowest BCUT2D eigenvalue weighted by Gasteiger charge is -2.29. The number of likely N-dealkylation sites (tertiary alicyclic amines) is 1. The molecule has 0 radical (unpaired) electrons. The van der Waals surface area contributed by atoms with Crippen LogP contribution in [0.3, 0.4) is 0 Å². The van der Waals surface area contributed by atoms with E-state index in [9.17, 15) is 9.90 Å². The number of carbonyl (C=O) groups is 1. The van der Waals surface area contributed by atoms with Crippen molar-refractivity contribution >= 4 is 5.91 Å². The highest BCUT2D eigenvalue weighted by Gasteiger charge is 2.19. The summed E-state index contributed by atoms with van der Waals surface area (Å²) in [4.78, 5) is 13.9. The first-order valence-corrected chi connectivity index (χ1v) is 6.97. The van der Waals surface area contributed by atoms with Gasteiger partial charge in [0.15, 0.2) is 0 Å². The van der Waals surface area contributed by atoms with Crippen LogP contribution < -0.4 is 10.1 Å². The van der Waals surface area contributed by atoms with Crippen molar-refractivity contribution in [3.8, 4) is 5.75 Å². The Morgan fingerprint density at radius 3 is 3.15 bits per heavy atom. The number of hydrogen-bond donors (Lipinski definition) is 2. The number of ether oxygens (including phenoxy) is 1. The van der Waals surface area contributed by atoms with Gasteiger partial charge in [0.2, 0.25) is 5.91 Å². The van der Waals surface area contributed by atoms with Gasteiger partial charge in [0, 0.05) is 13.1 Å². The zero-order valence-electron chi connectivity index (χ0n) is 11.8. The number of nitrogens with zero attached hydrogens (tertiary/aromatic N) is 1. The molecule has 2 N–H and O–H groups in total. The van der Waals surface area contributed by atoms with E-state index in [2.05, 4.69) is 5.32 Å². The Morgan fingerprint density at radius 2 is 2.40 bits per heavy atom. The van der Waals surface area contributed by atoms with Gasteiger partial charge in [-0.3, -0.25) is 9.69 Å². The molecule has 0 aromatic heterocycles. The fraction of sp³-hybridized carbons (Fsp3) is 0.533. The van der Waals surface area contributed by atoms with Crippen LogP contribution in [-0.2, 0) is 11.3 Å². The van der Waals surface area contributed by atoms with E-state index in [-0.39, 0.29) is 12.0 Å². The Morgan fingerprint density at radius 1 is 1.55 bits per heavy atom. The second kappa shape index (κ2) is 7.26. The van der Waals surface area contributed by atoms with Crippen molar-refractivity contribution in [2.75, 3.05) is 26.7 Å².